The third-order valence-corrected chi connectivity index (χ3v) is 5.21. The van der Waals surface area contributed by atoms with E-state index in [1.807, 2.05) is 6.07 Å². The van der Waals surface area contributed by atoms with Gasteiger partial charge in [-0.05, 0) is 33.6 Å². The molecule has 0 radical (unpaired) electrons. The summed E-state index contributed by atoms with van der Waals surface area (Å²) in [6, 6.07) is 15.5. The molecule has 0 heterocycles. The third-order valence-electron chi connectivity index (χ3n) is 2.78. The van der Waals surface area contributed by atoms with Gasteiger partial charge in [0, 0.05) is 11.0 Å². The summed E-state index contributed by atoms with van der Waals surface area (Å²) in [4.78, 5) is 0.153. The van der Waals surface area contributed by atoms with Crippen molar-refractivity contribution >= 4 is 26.0 Å². The Morgan fingerprint density at radius 3 is 2.30 bits per heavy atom. The van der Waals surface area contributed by atoms with E-state index < -0.39 is 16.1 Å². The number of halogens is 1. The summed E-state index contributed by atoms with van der Waals surface area (Å²) >= 11 is 3.20. The van der Waals surface area contributed by atoms with Crippen LogP contribution >= 0.6 is 15.9 Å². The van der Waals surface area contributed by atoms with E-state index in [9.17, 15) is 13.5 Å². The molecule has 2 rings (SSSR count). The molecular formula is C14H14BrNO3S. The molecule has 0 unspecified atom stereocenters. The van der Waals surface area contributed by atoms with Crippen molar-refractivity contribution < 1.29 is 13.5 Å². The molecule has 1 atom stereocenters. The van der Waals surface area contributed by atoms with Crippen molar-refractivity contribution in [1.82, 2.24) is 4.72 Å². The Kier molecular flexibility index (Phi) is 4.93. The minimum absolute atomic E-state index is 0.0757. The van der Waals surface area contributed by atoms with Crippen LogP contribution in [-0.2, 0) is 10.0 Å². The predicted octanol–water partition coefficient (Wildman–Crippen LogP) is 2.46. The molecule has 0 saturated carbocycles. The van der Waals surface area contributed by atoms with Crippen LogP contribution in [0.25, 0.3) is 0 Å². The van der Waals surface area contributed by atoms with Gasteiger partial charge in [-0.3, -0.25) is 0 Å². The average molecular weight is 356 g/mol. The zero-order chi connectivity index (χ0) is 14.6. The van der Waals surface area contributed by atoms with Gasteiger partial charge in [-0.2, -0.15) is 0 Å². The molecule has 6 heteroatoms. The third kappa shape index (κ3) is 3.67. The fourth-order valence-corrected chi connectivity index (χ4v) is 3.76. The van der Waals surface area contributed by atoms with Gasteiger partial charge in [0.2, 0.25) is 10.0 Å². The van der Waals surface area contributed by atoms with E-state index in [4.69, 9.17) is 0 Å². The normalized spacial score (nSPS) is 13.1. The van der Waals surface area contributed by atoms with Crippen molar-refractivity contribution in [2.75, 3.05) is 6.54 Å². The van der Waals surface area contributed by atoms with Crippen molar-refractivity contribution in [3.05, 3.63) is 64.6 Å². The lowest BCUT2D eigenvalue weighted by Gasteiger charge is -2.13. The monoisotopic (exact) mass is 355 g/mol. The van der Waals surface area contributed by atoms with Crippen molar-refractivity contribution in [1.29, 1.82) is 0 Å². The Bertz CT molecular complexity index is 674. The predicted molar refractivity (Wildman–Crippen MR) is 80.7 cm³/mol. The molecule has 106 valence electrons. The molecule has 0 aliphatic rings. The molecule has 0 aromatic heterocycles. The van der Waals surface area contributed by atoms with Crippen LogP contribution in [0.15, 0.2) is 64.0 Å². The van der Waals surface area contributed by atoms with Crippen LogP contribution < -0.4 is 4.72 Å². The van der Waals surface area contributed by atoms with Crippen molar-refractivity contribution in [2.24, 2.45) is 0 Å². The van der Waals surface area contributed by atoms with Gasteiger partial charge in [-0.1, -0.05) is 42.5 Å². The number of aliphatic hydroxyl groups excluding tert-OH is 1. The van der Waals surface area contributed by atoms with Gasteiger partial charge < -0.3 is 5.11 Å². The highest BCUT2D eigenvalue weighted by atomic mass is 79.9. The summed E-state index contributed by atoms with van der Waals surface area (Å²) < 4.78 is 27.2. The van der Waals surface area contributed by atoms with E-state index in [2.05, 4.69) is 20.7 Å². The Morgan fingerprint density at radius 1 is 1.05 bits per heavy atom. The molecule has 0 amide bonds. The fourth-order valence-electron chi connectivity index (χ4n) is 1.72. The highest BCUT2D eigenvalue weighted by molar-refractivity contribution is 9.10. The highest BCUT2D eigenvalue weighted by Crippen LogP contribution is 2.21. The Labute approximate surface area is 126 Å². The second kappa shape index (κ2) is 6.49. The summed E-state index contributed by atoms with van der Waals surface area (Å²) in [6.45, 7) is -0.0757. The summed E-state index contributed by atoms with van der Waals surface area (Å²) in [5.41, 5.74) is 0.669. The number of sulfonamides is 1. The molecule has 2 aromatic rings. The first kappa shape index (κ1) is 15.2. The molecule has 0 saturated heterocycles. The molecule has 0 bridgehead atoms. The van der Waals surface area contributed by atoms with Crippen molar-refractivity contribution in [2.45, 2.75) is 11.0 Å². The van der Waals surface area contributed by atoms with Gasteiger partial charge in [-0.25, -0.2) is 13.1 Å². The molecular weight excluding hydrogens is 342 g/mol. The SMILES string of the molecule is O=S(=O)(NC[C@@H](O)c1ccccc1)c1ccccc1Br. The molecule has 0 spiro atoms. The Hall–Kier alpha value is -1.21. The fraction of sp³-hybridized carbons (Fsp3) is 0.143. The standard InChI is InChI=1S/C14H14BrNO3S/c15-12-8-4-5-9-14(12)20(18,19)16-10-13(17)11-6-2-1-3-7-11/h1-9,13,16-17H,10H2/t13-/m1/s1. The zero-order valence-electron chi connectivity index (χ0n) is 10.5. The molecule has 0 fully saturated rings. The molecule has 4 nitrogen and oxygen atoms in total. The summed E-state index contributed by atoms with van der Waals surface area (Å²) in [6.07, 6.45) is -0.881. The number of hydrogen-bond donors (Lipinski definition) is 2. The summed E-state index contributed by atoms with van der Waals surface area (Å²) in [5.74, 6) is 0. The van der Waals surface area contributed by atoms with E-state index in [1.54, 1.807) is 42.5 Å². The maximum atomic E-state index is 12.1. The second-order valence-electron chi connectivity index (χ2n) is 4.21. The van der Waals surface area contributed by atoms with Gasteiger partial charge in [0.25, 0.3) is 0 Å². The van der Waals surface area contributed by atoms with E-state index in [0.717, 1.165) is 0 Å². The quantitative estimate of drug-likeness (QED) is 0.865. The van der Waals surface area contributed by atoms with E-state index >= 15 is 0 Å². The zero-order valence-corrected chi connectivity index (χ0v) is 12.9. The minimum Gasteiger partial charge on any atom is -0.387 e. The topological polar surface area (TPSA) is 66.4 Å². The first-order chi connectivity index (χ1) is 9.50. The van der Waals surface area contributed by atoms with Crippen LogP contribution in [-0.4, -0.2) is 20.1 Å². The average Bonchev–Trinajstić information content (AvgIpc) is 2.46. The lowest BCUT2D eigenvalue weighted by Crippen LogP contribution is -2.28. The van der Waals surface area contributed by atoms with Gasteiger partial charge in [0.15, 0.2) is 0 Å². The van der Waals surface area contributed by atoms with Gasteiger partial charge >= 0.3 is 0 Å². The van der Waals surface area contributed by atoms with E-state index in [-0.39, 0.29) is 11.4 Å². The summed E-state index contributed by atoms with van der Waals surface area (Å²) in [5, 5.41) is 9.96. The van der Waals surface area contributed by atoms with Crippen molar-refractivity contribution in [3.8, 4) is 0 Å². The summed E-state index contributed by atoms with van der Waals surface area (Å²) in [7, 11) is -3.65. The maximum absolute atomic E-state index is 12.1. The van der Waals surface area contributed by atoms with Gasteiger partial charge in [-0.15, -0.1) is 0 Å². The van der Waals surface area contributed by atoms with Crippen LogP contribution in [0.3, 0.4) is 0 Å². The van der Waals surface area contributed by atoms with Crippen molar-refractivity contribution in [3.63, 3.8) is 0 Å². The molecule has 2 N–H and O–H groups in total. The first-order valence-corrected chi connectivity index (χ1v) is 8.25. The number of nitrogens with one attached hydrogen (secondary N) is 1. The number of rotatable bonds is 5. The lowest BCUT2D eigenvalue weighted by atomic mass is 10.1. The number of benzene rings is 2. The van der Waals surface area contributed by atoms with Gasteiger partial charge in [0.1, 0.15) is 0 Å². The minimum atomic E-state index is -3.65. The Morgan fingerprint density at radius 2 is 1.65 bits per heavy atom. The van der Waals surface area contributed by atoms with Gasteiger partial charge in [0.05, 0.1) is 11.0 Å². The lowest BCUT2D eigenvalue weighted by molar-refractivity contribution is 0.182. The molecule has 0 aliphatic carbocycles. The number of aliphatic hydroxyl groups is 1. The highest BCUT2D eigenvalue weighted by Gasteiger charge is 2.18. The largest absolute Gasteiger partial charge is 0.387 e. The van der Waals surface area contributed by atoms with E-state index in [0.29, 0.717) is 10.0 Å². The second-order valence-corrected chi connectivity index (χ2v) is 6.80. The van der Waals surface area contributed by atoms with Crippen LogP contribution in [0.2, 0.25) is 0 Å². The molecule has 0 aliphatic heterocycles. The number of hydrogen-bond acceptors (Lipinski definition) is 3. The van der Waals surface area contributed by atoms with Crippen LogP contribution in [0.5, 0.6) is 0 Å². The smallest absolute Gasteiger partial charge is 0.241 e. The van der Waals surface area contributed by atoms with E-state index in [1.165, 1.54) is 6.07 Å². The van der Waals surface area contributed by atoms with Crippen LogP contribution in [0, 0.1) is 0 Å². The van der Waals surface area contributed by atoms with Crippen LogP contribution in [0.1, 0.15) is 11.7 Å². The Balaban J connectivity index is 2.09. The maximum Gasteiger partial charge on any atom is 0.241 e. The molecule has 20 heavy (non-hydrogen) atoms. The van der Waals surface area contributed by atoms with Crippen LogP contribution in [0.4, 0.5) is 0 Å². The first-order valence-electron chi connectivity index (χ1n) is 5.98. The molecule has 2 aromatic carbocycles.